The van der Waals surface area contributed by atoms with Gasteiger partial charge in [0.25, 0.3) is 0 Å². The van der Waals surface area contributed by atoms with Crippen molar-refractivity contribution in [2.24, 2.45) is 0 Å². The topological polar surface area (TPSA) is 56.5 Å². The van der Waals surface area contributed by atoms with Crippen LogP contribution >= 0.6 is 0 Å². The van der Waals surface area contributed by atoms with E-state index in [2.05, 4.69) is 5.10 Å². The first kappa shape index (κ1) is 13.4. The zero-order valence-electron chi connectivity index (χ0n) is 11.3. The smallest absolute Gasteiger partial charge is 0.162 e. The maximum atomic E-state index is 10.5. The molecule has 1 N–H and O–H groups in total. The van der Waals surface area contributed by atoms with Crippen LogP contribution in [0.3, 0.4) is 0 Å². The summed E-state index contributed by atoms with van der Waals surface area (Å²) in [5, 5.41) is 14.8. The molecule has 1 aromatic heterocycles. The van der Waals surface area contributed by atoms with E-state index in [4.69, 9.17) is 9.47 Å². The third kappa shape index (κ3) is 2.52. The van der Waals surface area contributed by atoms with Crippen LogP contribution in [0.2, 0.25) is 0 Å². The Labute approximate surface area is 108 Å². The van der Waals surface area contributed by atoms with Crippen LogP contribution < -0.4 is 4.74 Å². The van der Waals surface area contributed by atoms with Gasteiger partial charge in [-0.2, -0.15) is 5.10 Å². The molecule has 0 radical (unpaired) electrons. The third-order valence-electron chi connectivity index (χ3n) is 3.35. The predicted molar refractivity (Wildman–Crippen MR) is 67.7 cm³/mol. The normalized spacial score (nSPS) is 22.2. The van der Waals surface area contributed by atoms with Crippen LogP contribution in [0, 0.1) is 0 Å². The summed E-state index contributed by atoms with van der Waals surface area (Å²) in [5.41, 5.74) is 0.722. The minimum absolute atomic E-state index is 0.151. The Morgan fingerprint density at radius 1 is 1.50 bits per heavy atom. The molecule has 5 heteroatoms. The zero-order valence-corrected chi connectivity index (χ0v) is 11.3. The lowest BCUT2D eigenvalue weighted by Gasteiger charge is -2.28. The Morgan fingerprint density at radius 3 is 2.83 bits per heavy atom. The minimum atomic E-state index is -0.676. The lowest BCUT2D eigenvalue weighted by Crippen LogP contribution is -2.28. The van der Waals surface area contributed by atoms with Gasteiger partial charge in [-0.3, -0.25) is 4.68 Å². The van der Waals surface area contributed by atoms with Crippen molar-refractivity contribution in [1.82, 2.24) is 9.78 Å². The monoisotopic (exact) mass is 254 g/mol. The highest BCUT2D eigenvalue weighted by molar-refractivity contribution is 5.28. The van der Waals surface area contributed by atoms with Crippen molar-refractivity contribution >= 4 is 0 Å². The number of hydrogen-bond acceptors (Lipinski definition) is 4. The average molecular weight is 254 g/mol. The van der Waals surface area contributed by atoms with E-state index < -0.39 is 6.10 Å². The van der Waals surface area contributed by atoms with Crippen LogP contribution in [0.5, 0.6) is 5.75 Å². The van der Waals surface area contributed by atoms with Gasteiger partial charge in [0.15, 0.2) is 5.75 Å². The second-order valence-electron chi connectivity index (χ2n) is 4.99. The lowest BCUT2D eigenvalue weighted by molar-refractivity contribution is -0.0671. The summed E-state index contributed by atoms with van der Waals surface area (Å²) in [5.74, 6) is 0.630. The minimum Gasteiger partial charge on any atom is -0.493 e. The highest BCUT2D eigenvalue weighted by Gasteiger charge is 2.30. The van der Waals surface area contributed by atoms with E-state index >= 15 is 0 Å². The van der Waals surface area contributed by atoms with Gasteiger partial charge in [-0.1, -0.05) is 0 Å². The molecular weight excluding hydrogens is 232 g/mol. The van der Waals surface area contributed by atoms with Gasteiger partial charge >= 0.3 is 0 Å². The van der Waals surface area contributed by atoms with Crippen LogP contribution in [0.4, 0.5) is 0 Å². The van der Waals surface area contributed by atoms with Crippen molar-refractivity contribution in [3.63, 3.8) is 0 Å². The van der Waals surface area contributed by atoms with Crippen molar-refractivity contribution in [1.29, 1.82) is 0 Å². The number of methoxy groups -OCH3 is 1. The highest BCUT2D eigenvalue weighted by Crippen LogP contribution is 2.33. The molecule has 2 atom stereocenters. The van der Waals surface area contributed by atoms with E-state index in [9.17, 15) is 5.11 Å². The number of aromatic nitrogens is 2. The first-order valence-corrected chi connectivity index (χ1v) is 6.56. The summed E-state index contributed by atoms with van der Waals surface area (Å²) in [4.78, 5) is 0. The van der Waals surface area contributed by atoms with Gasteiger partial charge in [0, 0.05) is 12.6 Å². The summed E-state index contributed by atoms with van der Waals surface area (Å²) in [6.07, 6.45) is 3.88. The molecule has 2 unspecified atom stereocenters. The van der Waals surface area contributed by atoms with Crippen LogP contribution in [0.1, 0.15) is 50.9 Å². The second-order valence-corrected chi connectivity index (χ2v) is 4.99. The van der Waals surface area contributed by atoms with E-state index in [1.807, 2.05) is 18.5 Å². The Hall–Kier alpha value is -1.07. The molecule has 5 nitrogen and oxygen atoms in total. The molecule has 0 amide bonds. The van der Waals surface area contributed by atoms with Gasteiger partial charge in [-0.25, -0.2) is 0 Å². The molecule has 18 heavy (non-hydrogen) atoms. The molecule has 0 aromatic carbocycles. The Morgan fingerprint density at radius 2 is 2.28 bits per heavy atom. The Bertz CT molecular complexity index is 384. The van der Waals surface area contributed by atoms with E-state index in [-0.39, 0.29) is 12.1 Å². The number of aliphatic hydroxyl groups excluding tert-OH is 1. The van der Waals surface area contributed by atoms with Crippen LogP contribution in [-0.4, -0.2) is 34.7 Å². The molecule has 0 saturated carbocycles. The molecule has 1 fully saturated rings. The fraction of sp³-hybridized carbons (Fsp3) is 0.769. The zero-order chi connectivity index (χ0) is 13.1. The number of ether oxygens (including phenoxy) is 2. The van der Waals surface area contributed by atoms with E-state index in [0.717, 1.165) is 31.6 Å². The molecule has 0 bridgehead atoms. The summed E-state index contributed by atoms with van der Waals surface area (Å²) >= 11 is 0. The van der Waals surface area contributed by atoms with E-state index in [0.29, 0.717) is 5.75 Å². The Balaban J connectivity index is 2.26. The molecule has 102 valence electrons. The van der Waals surface area contributed by atoms with E-state index in [1.54, 1.807) is 13.3 Å². The van der Waals surface area contributed by atoms with Crippen molar-refractivity contribution in [3.8, 4) is 5.75 Å². The summed E-state index contributed by atoms with van der Waals surface area (Å²) in [6, 6.07) is 0.183. The summed E-state index contributed by atoms with van der Waals surface area (Å²) < 4.78 is 12.7. The molecule has 1 aliphatic heterocycles. The molecule has 1 aromatic rings. The molecule has 2 rings (SSSR count). The molecule has 2 heterocycles. The van der Waals surface area contributed by atoms with Gasteiger partial charge in [0.05, 0.1) is 19.4 Å². The number of rotatable bonds is 4. The van der Waals surface area contributed by atoms with Crippen molar-refractivity contribution < 1.29 is 14.6 Å². The lowest BCUT2D eigenvalue weighted by atomic mass is 10.0. The highest BCUT2D eigenvalue weighted by atomic mass is 16.5. The largest absolute Gasteiger partial charge is 0.493 e. The molecule has 1 aliphatic rings. The maximum Gasteiger partial charge on any atom is 0.162 e. The summed E-state index contributed by atoms with van der Waals surface area (Å²) in [6.45, 7) is 4.79. The molecule has 0 spiro atoms. The molecular formula is C13H22N2O3. The van der Waals surface area contributed by atoms with Gasteiger partial charge in [-0.05, 0) is 33.1 Å². The van der Waals surface area contributed by atoms with Gasteiger partial charge in [0.2, 0.25) is 0 Å². The number of hydrogen-bond donors (Lipinski definition) is 1. The first-order valence-electron chi connectivity index (χ1n) is 6.56. The van der Waals surface area contributed by atoms with Crippen LogP contribution in [-0.2, 0) is 4.74 Å². The quantitative estimate of drug-likeness (QED) is 0.893. The van der Waals surface area contributed by atoms with E-state index in [1.165, 1.54) is 0 Å². The summed E-state index contributed by atoms with van der Waals surface area (Å²) in [7, 11) is 1.60. The van der Waals surface area contributed by atoms with Gasteiger partial charge in [0.1, 0.15) is 11.8 Å². The number of aliphatic hydroxyl groups is 1. The van der Waals surface area contributed by atoms with Crippen LogP contribution in [0.25, 0.3) is 0 Å². The first-order chi connectivity index (χ1) is 8.65. The predicted octanol–water partition coefficient (Wildman–Crippen LogP) is 2.08. The van der Waals surface area contributed by atoms with Crippen LogP contribution in [0.15, 0.2) is 6.20 Å². The molecule has 1 saturated heterocycles. The average Bonchev–Trinajstić information content (AvgIpc) is 2.82. The van der Waals surface area contributed by atoms with Crippen molar-refractivity contribution in [3.05, 3.63) is 11.9 Å². The number of nitrogens with zero attached hydrogens (tertiary/aromatic N) is 2. The van der Waals surface area contributed by atoms with Gasteiger partial charge in [-0.15, -0.1) is 0 Å². The fourth-order valence-electron chi connectivity index (χ4n) is 2.40. The standard InChI is InChI=1S/C13H22N2O3/c1-9(2)15-12(11(17-3)8-14-15)13(16)10-6-4-5-7-18-10/h8-10,13,16H,4-7H2,1-3H3. The van der Waals surface area contributed by atoms with Gasteiger partial charge < -0.3 is 14.6 Å². The fourth-order valence-corrected chi connectivity index (χ4v) is 2.40. The van der Waals surface area contributed by atoms with Crippen molar-refractivity contribution in [2.45, 2.75) is 51.4 Å². The van der Waals surface area contributed by atoms with Crippen molar-refractivity contribution in [2.75, 3.05) is 13.7 Å². The second kappa shape index (κ2) is 5.71. The Kier molecular flexibility index (Phi) is 4.24. The maximum absolute atomic E-state index is 10.5. The third-order valence-corrected chi connectivity index (χ3v) is 3.35. The SMILES string of the molecule is COc1cnn(C(C)C)c1C(O)C1CCCCO1. The molecule has 0 aliphatic carbocycles.